The van der Waals surface area contributed by atoms with E-state index in [-0.39, 0.29) is 18.4 Å². The second-order valence-electron chi connectivity index (χ2n) is 2.28. The van der Waals surface area contributed by atoms with Gasteiger partial charge < -0.3 is 10.1 Å². The number of halogens is 1. The van der Waals surface area contributed by atoms with Crippen molar-refractivity contribution in [2.75, 3.05) is 12.5 Å². The van der Waals surface area contributed by atoms with Crippen molar-refractivity contribution in [2.24, 2.45) is 0 Å². The van der Waals surface area contributed by atoms with Crippen LogP contribution in [0.15, 0.2) is 0 Å². The molecule has 0 aromatic heterocycles. The lowest BCUT2D eigenvalue weighted by Gasteiger charge is -2.10. The third kappa shape index (κ3) is 4.96. The van der Waals surface area contributed by atoms with Crippen molar-refractivity contribution in [2.45, 2.75) is 19.9 Å². The summed E-state index contributed by atoms with van der Waals surface area (Å²) >= 11 is 5.29. The lowest BCUT2D eigenvalue weighted by atomic mass is 10.3. The molecule has 0 aliphatic carbocycles. The van der Waals surface area contributed by atoms with Gasteiger partial charge >= 0.3 is 5.97 Å². The van der Waals surface area contributed by atoms with Crippen LogP contribution in [0.1, 0.15) is 13.8 Å². The fraction of sp³-hybridized carbons (Fsp3) is 0.714. The summed E-state index contributed by atoms with van der Waals surface area (Å²) < 4.78 is 4.67. The molecule has 0 unspecified atom stereocenters. The van der Waals surface area contributed by atoms with Crippen LogP contribution in [0, 0.1) is 0 Å². The number of nitrogens with one attached hydrogen (secondary N) is 1. The first-order chi connectivity index (χ1) is 5.57. The van der Waals surface area contributed by atoms with Gasteiger partial charge in [0.2, 0.25) is 5.91 Å². The van der Waals surface area contributed by atoms with E-state index in [0.29, 0.717) is 0 Å². The molecule has 0 heterocycles. The average molecular weight is 194 g/mol. The van der Waals surface area contributed by atoms with Crippen molar-refractivity contribution in [1.29, 1.82) is 0 Å². The normalized spacial score (nSPS) is 11.9. The van der Waals surface area contributed by atoms with Gasteiger partial charge in [-0.1, -0.05) is 0 Å². The molecule has 12 heavy (non-hydrogen) atoms. The van der Waals surface area contributed by atoms with Crippen molar-refractivity contribution in [3.8, 4) is 0 Å². The summed E-state index contributed by atoms with van der Waals surface area (Å²) in [5, 5.41) is 2.39. The number of ether oxygens (including phenoxy) is 1. The highest BCUT2D eigenvalue weighted by molar-refractivity contribution is 6.18. The molecule has 0 aliphatic rings. The van der Waals surface area contributed by atoms with E-state index in [2.05, 4.69) is 10.1 Å². The molecule has 0 bridgehead atoms. The molecule has 0 rings (SSSR count). The van der Waals surface area contributed by atoms with Crippen LogP contribution in [-0.4, -0.2) is 30.4 Å². The van der Waals surface area contributed by atoms with Gasteiger partial charge in [0.05, 0.1) is 5.88 Å². The molecule has 0 aliphatic heterocycles. The van der Waals surface area contributed by atoms with E-state index in [9.17, 15) is 9.59 Å². The van der Waals surface area contributed by atoms with Crippen molar-refractivity contribution in [3.05, 3.63) is 0 Å². The van der Waals surface area contributed by atoms with Crippen molar-refractivity contribution >= 4 is 23.5 Å². The summed E-state index contributed by atoms with van der Waals surface area (Å²) in [7, 11) is 0. The molecule has 0 fully saturated rings. The largest absolute Gasteiger partial charge is 0.463 e. The molecule has 0 saturated carbocycles. The quantitative estimate of drug-likeness (QED) is 0.516. The zero-order valence-electron chi connectivity index (χ0n) is 7.09. The molecule has 4 nitrogen and oxygen atoms in total. The summed E-state index contributed by atoms with van der Waals surface area (Å²) in [4.78, 5) is 21.4. The van der Waals surface area contributed by atoms with Crippen LogP contribution in [0.5, 0.6) is 0 Å². The molecule has 0 saturated heterocycles. The van der Waals surface area contributed by atoms with Gasteiger partial charge in [-0.05, 0) is 6.92 Å². The minimum Gasteiger partial charge on any atom is -0.463 e. The topological polar surface area (TPSA) is 55.4 Å². The van der Waals surface area contributed by atoms with Gasteiger partial charge in [-0.25, -0.2) is 4.79 Å². The smallest absolute Gasteiger partial charge is 0.328 e. The molecule has 0 aromatic carbocycles. The summed E-state index contributed by atoms with van der Waals surface area (Å²) in [5.41, 5.74) is 0. The number of amides is 1. The Labute approximate surface area is 76.2 Å². The number of alkyl halides is 1. The van der Waals surface area contributed by atoms with Crippen LogP contribution in [0.4, 0.5) is 0 Å². The zero-order valence-corrected chi connectivity index (χ0v) is 7.85. The van der Waals surface area contributed by atoms with Crippen molar-refractivity contribution < 1.29 is 14.3 Å². The molecule has 0 aromatic rings. The summed E-state index contributed by atoms with van der Waals surface area (Å²) in [6.07, 6.45) is 0. The fourth-order valence-corrected chi connectivity index (χ4v) is 0.705. The SMILES string of the molecule is CC(=O)N[C@H](C)C(=O)OCCCl. The van der Waals surface area contributed by atoms with E-state index in [1.54, 1.807) is 6.92 Å². The maximum Gasteiger partial charge on any atom is 0.328 e. The molecule has 1 atom stereocenters. The average Bonchev–Trinajstić information content (AvgIpc) is 1.98. The van der Waals surface area contributed by atoms with Gasteiger partial charge in [0.15, 0.2) is 0 Å². The predicted molar refractivity (Wildman–Crippen MR) is 45.0 cm³/mol. The Bertz CT molecular complexity index is 172. The van der Waals surface area contributed by atoms with Crippen molar-refractivity contribution in [3.63, 3.8) is 0 Å². The molecule has 1 N–H and O–H groups in total. The Morgan fingerprint density at radius 3 is 2.58 bits per heavy atom. The number of hydrogen-bond acceptors (Lipinski definition) is 3. The van der Waals surface area contributed by atoms with Crippen LogP contribution in [-0.2, 0) is 14.3 Å². The third-order valence-electron chi connectivity index (χ3n) is 1.09. The molecule has 0 radical (unpaired) electrons. The lowest BCUT2D eigenvalue weighted by molar-refractivity contribution is -0.146. The highest BCUT2D eigenvalue weighted by Gasteiger charge is 2.14. The Kier molecular flexibility index (Phi) is 5.45. The number of carbonyl (C=O) groups excluding carboxylic acids is 2. The van der Waals surface area contributed by atoms with E-state index in [4.69, 9.17) is 11.6 Å². The number of hydrogen-bond donors (Lipinski definition) is 1. The van der Waals surface area contributed by atoms with Crippen LogP contribution < -0.4 is 5.32 Å². The van der Waals surface area contributed by atoms with E-state index >= 15 is 0 Å². The second-order valence-corrected chi connectivity index (χ2v) is 2.66. The Balaban J connectivity index is 3.69. The fourth-order valence-electron chi connectivity index (χ4n) is 0.628. The van der Waals surface area contributed by atoms with E-state index in [0.717, 1.165) is 0 Å². The first-order valence-electron chi connectivity index (χ1n) is 3.57. The molecule has 1 amide bonds. The zero-order chi connectivity index (χ0) is 9.56. The first kappa shape index (κ1) is 11.2. The Morgan fingerprint density at radius 1 is 1.58 bits per heavy atom. The Morgan fingerprint density at radius 2 is 2.17 bits per heavy atom. The molecule has 5 heteroatoms. The van der Waals surface area contributed by atoms with Crippen LogP contribution >= 0.6 is 11.6 Å². The van der Waals surface area contributed by atoms with Crippen molar-refractivity contribution in [1.82, 2.24) is 5.32 Å². The second kappa shape index (κ2) is 5.83. The summed E-state index contributed by atoms with van der Waals surface area (Å²) in [5.74, 6) is -0.463. The van der Waals surface area contributed by atoms with E-state index in [1.165, 1.54) is 6.92 Å². The Hall–Kier alpha value is -0.770. The minimum atomic E-state index is -0.606. The van der Waals surface area contributed by atoms with Gasteiger partial charge in [-0.2, -0.15) is 0 Å². The van der Waals surface area contributed by atoms with Gasteiger partial charge in [0.1, 0.15) is 12.6 Å². The summed E-state index contributed by atoms with van der Waals surface area (Å²) in [6, 6.07) is -0.606. The summed E-state index contributed by atoms with van der Waals surface area (Å²) in [6.45, 7) is 3.06. The van der Waals surface area contributed by atoms with Crippen LogP contribution in [0.2, 0.25) is 0 Å². The molecular formula is C7H12ClNO3. The molecule has 70 valence electrons. The minimum absolute atomic E-state index is 0.171. The van der Waals surface area contributed by atoms with Gasteiger partial charge in [-0.3, -0.25) is 4.79 Å². The lowest BCUT2D eigenvalue weighted by Crippen LogP contribution is -2.38. The van der Waals surface area contributed by atoms with E-state index in [1.807, 2.05) is 0 Å². The van der Waals surface area contributed by atoms with E-state index < -0.39 is 12.0 Å². The molecule has 0 spiro atoms. The first-order valence-corrected chi connectivity index (χ1v) is 4.11. The maximum absolute atomic E-state index is 10.9. The third-order valence-corrected chi connectivity index (χ3v) is 1.25. The van der Waals surface area contributed by atoms with Gasteiger partial charge in [-0.15, -0.1) is 11.6 Å². The molecular weight excluding hydrogens is 182 g/mol. The van der Waals surface area contributed by atoms with Gasteiger partial charge in [0.25, 0.3) is 0 Å². The number of rotatable bonds is 4. The van der Waals surface area contributed by atoms with Gasteiger partial charge in [0, 0.05) is 6.92 Å². The number of esters is 1. The standard InChI is InChI=1S/C7H12ClNO3/c1-5(9-6(2)10)7(11)12-4-3-8/h5H,3-4H2,1-2H3,(H,9,10)/t5-/m1/s1. The highest BCUT2D eigenvalue weighted by atomic mass is 35.5. The monoisotopic (exact) mass is 193 g/mol. The maximum atomic E-state index is 10.9. The predicted octanol–water partition coefficient (Wildman–Crippen LogP) is 0.293. The number of carbonyl (C=O) groups is 2. The van der Waals surface area contributed by atoms with Crippen LogP contribution in [0.25, 0.3) is 0 Å². The van der Waals surface area contributed by atoms with Crippen LogP contribution in [0.3, 0.4) is 0 Å². The highest BCUT2D eigenvalue weighted by Crippen LogP contribution is 1.88.